The molecule has 1 aromatic rings. The van der Waals surface area contributed by atoms with Crippen LogP contribution in [0.15, 0.2) is 12.1 Å². The summed E-state index contributed by atoms with van der Waals surface area (Å²) >= 11 is 6.18. The fourth-order valence-electron chi connectivity index (χ4n) is 2.62. The predicted molar refractivity (Wildman–Crippen MR) is 78.1 cm³/mol. The molecular formula is C15H22ClFN2. The van der Waals surface area contributed by atoms with Crippen LogP contribution in [0.25, 0.3) is 0 Å². The fourth-order valence-corrected chi connectivity index (χ4v) is 2.90. The Hall–Kier alpha value is -0.640. The van der Waals surface area contributed by atoms with Crippen molar-refractivity contribution in [2.75, 3.05) is 20.1 Å². The van der Waals surface area contributed by atoms with E-state index in [1.165, 1.54) is 19.3 Å². The Kier molecular flexibility index (Phi) is 5.20. The molecule has 1 heterocycles. The first-order valence-electron chi connectivity index (χ1n) is 6.92. The van der Waals surface area contributed by atoms with E-state index < -0.39 is 0 Å². The van der Waals surface area contributed by atoms with Crippen molar-refractivity contribution in [3.8, 4) is 0 Å². The lowest BCUT2D eigenvalue weighted by Gasteiger charge is -2.28. The maximum Gasteiger partial charge on any atom is 0.126 e. The lowest BCUT2D eigenvalue weighted by Crippen LogP contribution is -2.42. The van der Waals surface area contributed by atoms with E-state index in [9.17, 15) is 4.39 Å². The number of piperidine rings is 1. The number of hydrogen-bond donors (Lipinski definition) is 1. The van der Waals surface area contributed by atoms with Crippen LogP contribution in [0.5, 0.6) is 0 Å². The predicted octanol–water partition coefficient (Wildman–Crippen LogP) is 3.36. The normalized spacial score (nSPS) is 19.9. The standard InChI is InChI=1S/C15H22ClFN2/c1-11-7-14(16)12(8-15(11)17)9-19(2)10-13-5-3-4-6-18-13/h7-8,13,18H,3-6,9-10H2,1-2H3. The summed E-state index contributed by atoms with van der Waals surface area (Å²) in [6, 6.07) is 3.81. The topological polar surface area (TPSA) is 15.3 Å². The Bertz CT molecular complexity index is 430. The molecule has 1 unspecified atom stereocenters. The van der Waals surface area contributed by atoms with Crippen LogP contribution in [0.3, 0.4) is 0 Å². The van der Waals surface area contributed by atoms with Crippen molar-refractivity contribution < 1.29 is 4.39 Å². The maximum atomic E-state index is 13.6. The van der Waals surface area contributed by atoms with Crippen molar-refractivity contribution in [1.82, 2.24) is 10.2 Å². The number of likely N-dealkylation sites (N-methyl/N-ethyl adjacent to an activating group) is 1. The zero-order chi connectivity index (χ0) is 13.8. The van der Waals surface area contributed by atoms with Gasteiger partial charge in [-0.15, -0.1) is 0 Å². The van der Waals surface area contributed by atoms with Crippen molar-refractivity contribution in [1.29, 1.82) is 0 Å². The molecule has 4 heteroatoms. The Morgan fingerprint density at radius 3 is 2.89 bits per heavy atom. The largest absolute Gasteiger partial charge is 0.313 e. The highest BCUT2D eigenvalue weighted by Crippen LogP contribution is 2.22. The molecule has 0 aliphatic carbocycles. The van der Waals surface area contributed by atoms with Crippen molar-refractivity contribution in [3.05, 3.63) is 34.1 Å². The number of aryl methyl sites for hydroxylation is 1. The molecule has 0 radical (unpaired) electrons. The number of hydrogen-bond acceptors (Lipinski definition) is 2. The average molecular weight is 285 g/mol. The summed E-state index contributed by atoms with van der Waals surface area (Å²) in [5.41, 5.74) is 1.47. The van der Waals surface area contributed by atoms with Gasteiger partial charge in [-0.25, -0.2) is 4.39 Å². The molecule has 1 aliphatic rings. The molecule has 1 aromatic carbocycles. The number of nitrogens with zero attached hydrogens (tertiary/aromatic N) is 1. The van der Waals surface area contributed by atoms with Crippen LogP contribution in [0.4, 0.5) is 4.39 Å². The zero-order valence-corrected chi connectivity index (χ0v) is 12.4. The van der Waals surface area contributed by atoms with Crippen molar-refractivity contribution in [2.24, 2.45) is 0 Å². The molecule has 1 atom stereocenters. The average Bonchev–Trinajstić information content (AvgIpc) is 2.37. The molecule has 0 bridgehead atoms. The molecule has 0 saturated carbocycles. The summed E-state index contributed by atoms with van der Waals surface area (Å²) in [7, 11) is 2.06. The number of nitrogens with one attached hydrogen (secondary N) is 1. The van der Waals surface area contributed by atoms with E-state index in [1.807, 2.05) is 0 Å². The minimum Gasteiger partial charge on any atom is -0.313 e. The third-order valence-electron chi connectivity index (χ3n) is 3.71. The van der Waals surface area contributed by atoms with E-state index in [4.69, 9.17) is 11.6 Å². The highest BCUT2D eigenvalue weighted by molar-refractivity contribution is 6.31. The smallest absolute Gasteiger partial charge is 0.126 e. The zero-order valence-electron chi connectivity index (χ0n) is 11.7. The molecule has 0 amide bonds. The monoisotopic (exact) mass is 284 g/mol. The van der Waals surface area contributed by atoms with Crippen LogP contribution in [0.1, 0.15) is 30.4 Å². The van der Waals surface area contributed by atoms with Gasteiger partial charge in [0.1, 0.15) is 5.82 Å². The van der Waals surface area contributed by atoms with Crippen LogP contribution in [-0.2, 0) is 6.54 Å². The summed E-state index contributed by atoms with van der Waals surface area (Å²) in [4.78, 5) is 2.21. The molecule has 1 aliphatic heterocycles. The van der Waals surface area contributed by atoms with Gasteiger partial charge in [-0.05, 0) is 56.6 Å². The lowest BCUT2D eigenvalue weighted by molar-refractivity contribution is 0.256. The van der Waals surface area contributed by atoms with Gasteiger partial charge < -0.3 is 10.2 Å². The summed E-state index contributed by atoms with van der Waals surface area (Å²) < 4.78 is 13.6. The Balaban J connectivity index is 1.94. The first-order valence-corrected chi connectivity index (χ1v) is 7.30. The number of halogens is 2. The maximum absolute atomic E-state index is 13.6. The number of rotatable bonds is 4. The molecule has 2 nitrogen and oxygen atoms in total. The summed E-state index contributed by atoms with van der Waals surface area (Å²) in [6.45, 7) is 4.51. The second kappa shape index (κ2) is 6.69. The van der Waals surface area contributed by atoms with Gasteiger partial charge in [-0.3, -0.25) is 0 Å². The molecule has 0 spiro atoms. The molecule has 2 rings (SSSR count). The minimum atomic E-state index is -0.177. The quantitative estimate of drug-likeness (QED) is 0.912. The van der Waals surface area contributed by atoms with E-state index in [0.29, 0.717) is 23.2 Å². The van der Waals surface area contributed by atoms with Crippen LogP contribution < -0.4 is 5.32 Å². The fraction of sp³-hybridized carbons (Fsp3) is 0.600. The van der Waals surface area contributed by atoms with Crippen LogP contribution >= 0.6 is 11.6 Å². The van der Waals surface area contributed by atoms with E-state index in [-0.39, 0.29) is 5.82 Å². The van der Waals surface area contributed by atoms with Gasteiger partial charge in [0, 0.05) is 24.2 Å². The van der Waals surface area contributed by atoms with Crippen LogP contribution in [0.2, 0.25) is 5.02 Å². The molecule has 106 valence electrons. The summed E-state index contributed by atoms with van der Waals surface area (Å²) in [5, 5.41) is 4.18. The Morgan fingerprint density at radius 2 is 2.21 bits per heavy atom. The summed E-state index contributed by atoms with van der Waals surface area (Å²) in [6.07, 6.45) is 3.79. The second-order valence-electron chi connectivity index (χ2n) is 5.54. The van der Waals surface area contributed by atoms with Crippen molar-refractivity contribution in [2.45, 2.75) is 38.8 Å². The van der Waals surface area contributed by atoms with E-state index in [1.54, 1.807) is 19.1 Å². The van der Waals surface area contributed by atoms with Gasteiger partial charge >= 0.3 is 0 Å². The lowest BCUT2D eigenvalue weighted by atomic mass is 10.0. The third-order valence-corrected chi connectivity index (χ3v) is 4.06. The molecule has 0 aromatic heterocycles. The van der Waals surface area contributed by atoms with Gasteiger partial charge in [0.05, 0.1) is 0 Å². The van der Waals surface area contributed by atoms with Gasteiger partial charge in [0.15, 0.2) is 0 Å². The number of benzene rings is 1. The van der Waals surface area contributed by atoms with Crippen LogP contribution in [-0.4, -0.2) is 31.1 Å². The highest BCUT2D eigenvalue weighted by Gasteiger charge is 2.15. The van der Waals surface area contributed by atoms with Gasteiger partial charge in [-0.2, -0.15) is 0 Å². The molecule has 19 heavy (non-hydrogen) atoms. The Labute approximate surface area is 119 Å². The van der Waals surface area contributed by atoms with Gasteiger partial charge in [-0.1, -0.05) is 18.0 Å². The van der Waals surface area contributed by atoms with E-state index in [2.05, 4.69) is 17.3 Å². The van der Waals surface area contributed by atoms with E-state index in [0.717, 1.165) is 18.7 Å². The second-order valence-corrected chi connectivity index (χ2v) is 5.94. The third kappa shape index (κ3) is 4.16. The Morgan fingerprint density at radius 1 is 1.42 bits per heavy atom. The molecule has 1 fully saturated rings. The SMILES string of the molecule is Cc1cc(Cl)c(CN(C)CC2CCCCN2)cc1F. The first-order chi connectivity index (χ1) is 9.06. The van der Waals surface area contributed by atoms with E-state index >= 15 is 0 Å². The van der Waals surface area contributed by atoms with Crippen LogP contribution in [0, 0.1) is 12.7 Å². The highest BCUT2D eigenvalue weighted by atomic mass is 35.5. The van der Waals surface area contributed by atoms with Gasteiger partial charge in [0.25, 0.3) is 0 Å². The van der Waals surface area contributed by atoms with Crippen molar-refractivity contribution in [3.63, 3.8) is 0 Å². The minimum absolute atomic E-state index is 0.177. The molecular weight excluding hydrogens is 263 g/mol. The molecule has 1 N–H and O–H groups in total. The van der Waals surface area contributed by atoms with Gasteiger partial charge in [0.2, 0.25) is 0 Å². The first kappa shape index (κ1) is 14.8. The van der Waals surface area contributed by atoms with Crippen molar-refractivity contribution >= 4 is 11.6 Å². The summed E-state index contributed by atoms with van der Waals surface area (Å²) in [5.74, 6) is -0.177. The molecule has 1 saturated heterocycles.